The van der Waals surface area contributed by atoms with E-state index in [-0.39, 0.29) is 0 Å². The number of hydrogen-bond acceptors (Lipinski definition) is 4. The molecular formula is C14H14N2O4. The summed E-state index contributed by atoms with van der Waals surface area (Å²) >= 11 is 0. The summed E-state index contributed by atoms with van der Waals surface area (Å²) in [5.41, 5.74) is 1.71. The van der Waals surface area contributed by atoms with E-state index in [9.17, 15) is 19.8 Å². The van der Waals surface area contributed by atoms with Gasteiger partial charge in [-0.1, -0.05) is 12.2 Å². The van der Waals surface area contributed by atoms with Crippen LogP contribution in [0.15, 0.2) is 40.7 Å². The van der Waals surface area contributed by atoms with Gasteiger partial charge in [-0.3, -0.25) is 14.6 Å². The lowest BCUT2D eigenvalue weighted by Crippen LogP contribution is -2.49. The highest BCUT2D eigenvalue weighted by atomic mass is 16.4. The summed E-state index contributed by atoms with van der Waals surface area (Å²) in [7, 11) is 0. The normalized spacial score (nSPS) is 31.0. The molecule has 0 radical (unpaired) electrons. The first-order valence-electron chi connectivity index (χ1n) is 6.46. The zero-order valence-corrected chi connectivity index (χ0v) is 10.6. The Morgan fingerprint density at radius 3 is 2.60 bits per heavy atom. The maximum atomic E-state index is 11.3. The van der Waals surface area contributed by atoms with Gasteiger partial charge >= 0.3 is 11.9 Å². The molecule has 0 aromatic rings. The second-order valence-corrected chi connectivity index (χ2v) is 5.07. The number of nitrogens with one attached hydrogen (secondary N) is 1. The summed E-state index contributed by atoms with van der Waals surface area (Å²) in [6.45, 7) is 0. The van der Waals surface area contributed by atoms with E-state index in [2.05, 4.69) is 10.3 Å². The molecule has 0 fully saturated rings. The summed E-state index contributed by atoms with van der Waals surface area (Å²) in [4.78, 5) is 27.0. The van der Waals surface area contributed by atoms with Crippen molar-refractivity contribution in [2.45, 2.75) is 18.9 Å². The molecule has 1 aliphatic heterocycles. The van der Waals surface area contributed by atoms with Gasteiger partial charge in [-0.2, -0.15) is 0 Å². The largest absolute Gasteiger partial charge is 0.481 e. The van der Waals surface area contributed by atoms with Crippen LogP contribution < -0.4 is 5.32 Å². The minimum absolute atomic E-state index is 0.395. The van der Waals surface area contributed by atoms with Crippen LogP contribution in [-0.2, 0) is 9.59 Å². The summed E-state index contributed by atoms with van der Waals surface area (Å²) in [6, 6.07) is -0.395. The van der Waals surface area contributed by atoms with Crippen LogP contribution in [0.5, 0.6) is 0 Å². The topological polar surface area (TPSA) is 99.0 Å². The second-order valence-electron chi connectivity index (χ2n) is 5.07. The first-order valence-corrected chi connectivity index (χ1v) is 6.46. The van der Waals surface area contributed by atoms with Crippen LogP contribution in [0.4, 0.5) is 0 Å². The third-order valence-electron chi connectivity index (χ3n) is 3.84. The fourth-order valence-electron chi connectivity index (χ4n) is 2.80. The Kier molecular flexibility index (Phi) is 2.93. The summed E-state index contributed by atoms with van der Waals surface area (Å²) in [6.07, 6.45) is 7.96. The number of fused-ring (bicyclic) bond motifs is 1. The monoisotopic (exact) mass is 274 g/mol. The molecule has 6 heteroatoms. The van der Waals surface area contributed by atoms with Crippen molar-refractivity contribution in [3.05, 3.63) is 35.7 Å². The van der Waals surface area contributed by atoms with Crippen molar-refractivity contribution in [3.63, 3.8) is 0 Å². The third-order valence-corrected chi connectivity index (χ3v) is 3.84. The van der Waals surface area contributed by atoms with Gasteiger partial charge < -0.3 is 15.5 Å². The van der Waals surface area contributed by atoms with E-state index < -0.39 is 29.8 Å². The summed E-state index contributed by atoms with van der Waals surface area (Å²) in [5, 5.41) is 21.6. The molecule has 6 nitrogen and oxygen atoms in total. The van der Waals surface area contributed by atoms with E-state index in [1.807, 2.05) is 0 Å². The van der Waals surface area contributed by atoms with E-state index in [1.165, 1.54) is 0 Å². The molecule has 20 heavy (non-hydrogen) atoms. The van der Waals surface area contributed by atoms with Crippen LogP contribution in [0.3, 0.4) is 0 Å². The molecule has 3 N–H and O–H groups in total. The lowest BCUT2D eigenvalue weighted by atomic mass is 9.84. The Balaban J connectivity index is 2.00. The van der Waals surface area contributed by atoms with Crippen LogP contribution in [-0.4, -0.2) is 33.9 Å². The number of carboxylic acids is 2. The van der Waals surface area contributed by atoms with Crippen LogP contribution in [0.25, 0.3) is 0 Å². The van der Waals surface area contributed by atoms with Crippen LogP contribution >= 0.6 is 0 Å². The van der Waals surface area contributed by atoms with Gasteiger partial charge in [0.25, 0.3) is 0 Å². The smallest absolute Gasteiger partial charge is 0.312 e. The van der Waals surface area contributed by atoms with Crippen LogP contribution in [0.2, 0.25) is 0 Å². The van der Waals surface area contributed by atoms with Gasteiger partial charge in [0.15, 0.2) is 0 Å². The summed E-state index contributed by atoms with van der Waals surface area (Å²) < 4.78 is 0. The lowest BCUT2D eigenvalue weighted by Gasteiger charge is -2.34. The highest BCUT2D eigenvalue weighted by Crippen LogP contribution is 2.32. The van der Waals surface area contributed by atoms with Gasteiger partial charge in [-0.25, -0.2) is 0 Å². The maximum Gasteiger partial charge on any atom is 0.312 e. The number of hydrogen-bond donors (Lipinski definition) is 3. The Bertz CT molecular complexity index is 600. The molecule has 0 spiro atoms. The van der Waals surface area contributed by atoms with Gasteiger partial charge in [0, 0.05) is 0 Å². The first-order chi connectivity index (χ1) is 9.58. The molecule has 2 aliphatic carbocycles. The van der Waals surface area contributed by atoms with Crippen molar-refractivity contribution >= 4 is 17.7 Å². The molecule has 1 heterocycles. The number of carboxylic acid groups (broad SMARTS) is 2. The van der Waals surface area contributed by atoms with Gasteiger partial charge in [0.2, 0.25) is 0 Å². The van der Waals surface area contributed by atoms with Gasteiger partial charge in [-0.05, 0) is 25.0 Å². The molecule has 0 saturated carbocycles. The van der Waals surface area contributed by atoms with E-state index in [4.69, 9.17) is 0 Å². The number of carbonyl (C=O) groups is 2. The van der Waals surface area contributed by atoms with Crippen molar-refractivity contribution in [1.82, 2.24) is 5.32 Å². The van der Waals surface area contributed by atoms with Crippen molar-refractivity contribution < 1.29 is 19.8 Å². The average molecular weight is 274 g/mol. The number of rotatable bonds is 2. The minimum atomic E-state index is -0.916. The Hall–Kier alpha value is -2.37. The molecule has 0 aromatic carbocycles. The van der Waals surface area contributed by atoms with Crippen molar-refractivity contribution in [2.75, 3.05) is 0 Å². The van der Waals surface area contributed by atoms with E-state index in [1.54, 1.807) is 24.3 Å². The number of nitrogens with zero attached hydrogens (tertiary/aromatic N) is 1. The molecule has 3 atom stereocenters. The van der Waals surface area contributed by atoms with Crippen LogP contribution in [0.1, 0.15) is 12.8 Å². The standard InChI is InChI=1S/C14H14N2O4/c17-13(18)7-3-1-5-9-11(7)16-10-6-2-4-8(14(19)20)12(10)15-9/h1-2,5-8,11,16H,3-4H2,(H,17,18)(H,19,20)/t7-,8-,11+/m1/s1. The Morgan fingerprint density at radius 2 is 1.90 bits per heavy atom. The Labute approximate surface area is 115 Å². The van der Waals surface area contributed by atoms with Crippen molar-refractivity contribution in [1.29, 1.82) is 0 Å². The highest BCUT2D eigenvalue weighted by Gasteiger charge is 2.38. The molecule has 0 unspecified atom stereocenters. The van der Waals surface area contributed by atoms with E-state index >= 15 is 0 Å². The second kappa shape index (κ2) is 4.63. The van der Waals surface area contributed by atoms with Gasteiger partial charge in [-0.15, -0.1) is 0 Å². The molecule has 104 valence electrons. The minimum Gasteiger partial charge on any atom is -0.481 e. The molecule has 3 aliphatic rings. The fraction of sp³-hybridized carbons (Fsp3) is 0.357. The fourth-order valence-corrected chi connectivity index (χ4v) is 2.80. The molecule has 0 amide bonds. The number of aliphatic imine (C=N–C) groups is 1. The van der Waals surface area contributed by atoms with Crippen molar-refractivity contribution in [3.8, 4) is 0 Å². The van der Waals surface area contributed by atoms with Crippen LogP contribution in [0, 0.1) is 11.8 Å². The quantitative estimate of drug-likeness (QED) is 0.695. The predicted octanol–water partition coefficient (Wildman–Crippen LogP) is 0.932. The summed E-state index contributed by atoms with van der Waals surface area (Å²) in [5.74, 6) is -3.04. The lowest BCUT2D eigenvalue weighted by molar-refractivity contribution is -0.142. The SMILES string of the molecule is O=C(O)[C@@H]1CC=CC2=C1N=C1C=CC[C@@H](C(=O)O)[C@@H]1N2. The molecular weight excluding hydrogens is 260 g/mol. The first kappa shape index (κ1) is 12.7. The number of aliphatic carboxylic acids is 2. The Morgan fingerprint density at radius 1 is 1.15 bits per heavy atom. The van der Waals surface area contributed by atoms with Gasteiger partial charge in [0.1, 0.15) is 5.92 Å². The van der Waals surface area contributed by atoms with E-state index in [0.29, 0.717) is 29.9 Å². The third kappa shape index (κ3) is 1.93. The highest BCUT2D eigenvalue weighted by molar-refractivity contribution is 6.04. The molecule has 0 aromatic heterocycles. The molecule has 0 bridgehead atoms. The maximum absolute atomic E-state index is 11.3. The molecule has 3 rings (SSSR count). The van der Waals surface area contributed by atoms with E-state index in [0.717, 1.165) is 0 Å². The van der Waals surface area contributed by atoms with Crippen molar-refractivity contribution in [2.24, 2.45) is 16.8 Å². The molecule has 0 saturated heterocycles. The average Bonchev–Trinajstić information content (AvgIpc) is 2.43. The number of allylic oxidation sites excluding steroid dienone is 3. The zero-order chi connectivity index (χ0) is 14.3. The zero-order valence-electron chi connectivity index (χ0n) is 10.6. The van der Waals surface area contributed by atoms with Gasteiger partial charge in [0.05, 0.1) is 29.1 Å². The predicted molar refractivity (Wildman–Crippen MR) is 71.2 cm³/mol.